The molecule has 0 spiro atoms. The molecule has 6 nitrogen and oxygen atoms in total. The molecular weight excluding hydrogens is 465 g/mol. The minimum absolute atomic E-state index is 0.0757. The van der Waals surface area contributed by atoms with Crippen molar-refractivity contribution in [2.24, 2.45) is 11.8 Å². The van der Waals surface area contributed by atoms with Gasteiger partial charge in [0.25, 0.3) is 3.79 Å². The zero-order valence-corrected chi connectivity index (χ0v) is 21.8. The molecule has 0 aromatic heterocycles. The molecule has 0 aromatic carbocycles. The third kappa shape index (κ3) is 10.3. The summed E-state index contributed by atoms with van der Waals surface area (Å²) in [5.74, 6) is -0.557. The Hall–Kier alpha value is 0.180. The average molecular weight is 505 g/mol. The van der Waals surface area contributed by atoms with Gasteiger partial charge in [-0.25, -0.2) is 0 Å². The lowest BCUT2D eigenvalue weighted by atomic mass is 9.85. The Balaban J connectivity index is 2.64. The summed E-state index contributed by atoms with van der Waals surface area (Å²) in [5.41, 5.74) is 0. The van der Waals surface area contributed by atoms with Crippen molar-refractivity contribution in [3.05, 3.63) is 0 Å². The predicted molar refractivity (Wildman–Crippen MR) is 126 cm³/mol. The molecule has 0 saturated carbocycles. The molecule has 1 heterocycles. The van der Waals surface area contributed by atoms with E-state index in [1.807, 2.05) is 6.92 Å². The normalized spacial score (nSPS) is 27.8. The monoisotopic (exact) mass is 503 g/mol. The predicted octanol–water partition coefficient (Wildman–Crippen LogP) is 6.14. The van der Waals surface area contributed by atoms with Crippen molar-refractivity contribution in [1.29, 1.82) is 5.41 Å². The Morgan fingerprint density at radius 1 is 1.03 bits per heavy atom. The van der Waals surface area contributed by atoms with E-state index in [1.54, 1.807) is 14.2 Å². The highest BCUT2D eigenvalue weighted by Gasteiger charge is 2.45. The van der Waals surface area contributed by atoms with Gasteiger partial charge in [0.2, 0.25) is 12.2 Å². The Kier molecular flexibility index (Phi) is 14.3. The van der Waals surface area contributed by atoms with Crippen LogP contribution in [0.5, 0.6) is 0 Å². The van der Waals surface area contributed by atoms with Crippen LogP contribution in [0.25, 0.3) is 0 Å². The second kappa shape index (κ2) is 15.2. The van der Waals surface area contributed by atoms with E-state index in [4.69, 9.17) is 63.9 Å². The van der Waals surface area contributed by atoms with Crippen LogP contribution in [0.2, 0.25) is 0 Å². The number of methoxy groups -OCH3 is 2. The standard InChI is InChI=1S/C22H40Cl3NO5/c1-6-7-8-9-10-11-17(28-5)12-13-29-19-15(2)18(14-27-4)30-20(16(19)3)31-21(26)22(23,24)25/h15-20,26H,6-14H2,1-5H3. The Labute approximate surface area is 203 Å². The van der Waals surface area contributed by atoms with Crippen LogP contribution in [0, 0.1) is 17.2 Å². The molecule has 31 heavy (non-hydrogen) atoms. The van der Waals surface area contributed by atoms with Gasteiger partial charge in [0.1, 0.15) is 0 Å². The van der Waals surface area contributed by atoms with Gasteiger partial charge < -0.3 is 23.7 Å². The first-order valence-corrected chi connectivity index (χ1v) is 12.4. The molecule has 1 aliphatic rings. The quantitative estimate of drug-likeness (QED) is 0.133. The first kappa shape index (κ1) is 29.2. The molecule has 1 N–H and O–H groups in total. The fraction of sp³-hybridized carbons (Fsp3) is 0.955. The van der Waals surface area contributed by atoms with E-state index in [0.717, 1.165) is 12.8 Å². The third-order valence-corrected chi connectivity index (χ3v) is 6.41. The molecule has 0 bridgehead atoms. The molecule has 6 unspecified atom stereocenters. The Morgan fingerprint density at radius 2 is 1.71 bits per heavy atom. The molecule has 6 atom stereocenters. The number of ether oxygens (including phenoxy) is 5. The van der Waals surface area contributed by atoms with E-state index < -0.39 is 16.0 Å². The van der Waals surface area contributed by atoms with Crippen LogP contribution in [0.1, 0.15) is 65.7 Å². The first-order chi connectivity index (χ1) is 14.6. The van der Waals surface area contributed by atoms with Gasteiger partial charge in [-0.3, -0.25) is 5.41 Å². The smallest absolute Gasteiger partial charge is 0.265 e. The fourth-order valence-electron chi connectivity index (χ4n) is 3.93. The lowest BCUT2D eigenvalue weighted by Gasteiger charge is -2.44. The molecule has 0 radical (unpaired) electrons. The van der Waals surface area contributed by atoms with E-state index in [9.17, 15) is 0 Å². The Bertz CT molecular complexity index is 506. The summed E-state index contributed by atoms with van der Waals surface area (Å²) in [5, 5.41) is 7.89. The van der Waals surface area contributed by atoms with E-state index in [0.29, 0.717) is 13.2 Å². The molecule has 0 amide bonds. The van der Waals surface area contributed by atoms with Crippen molar-refractivity contribution in [2.45, 2.75) is 94.1 Å². The second-order valence-corrected chi connectivity index (χ2v) is 10.6. The molecule has 0 aliphatic carbocycles. The highest BCUT2D eigenvalue weighted by molar-refractivity contribution is 6.76. The number of hydrogen-bond donors (Lipinski definition) is 1. The van der Waals surface area contributed by atoms with Gasteiger partial charge in [-0.05, 0) is 12.8 Å². The second-order valence-electron chi connectivity index (χ2n) is 8.35. The van der Waals surface area contributed by atoms with Crippen LogP contribution in [-0.4, -0.2) is 61.7 Å². The summed E-state index contributed by atoms with van der Waals surface area (Å²) in [6, 6.07) is 0. The van der Waals surface area contributed by atoms with Crippen LogP contribution in [0.3, 0.4) is 0 Å². The van der Waals surface area contributed by atoms with Crippen molar-refractivity contribution in [2.75, 3.05) is 27.4 Å². The van der Waals surface area contributed by atoms with Crippen molar-refractivity contribution in [3.8, 4) is 0 Å². The van der Waals surface area contributed by atoms with Crippen LogP contribution >= 0.6 is 34.8 Å². The van der Waals surface area contributed by atoms with Crippen molar-refractivity contribution >= 4 is 40.7 Å². The highest BCUT2D eigenvalue weighted by Crippen LogP contribution is 2.36. The molecule has 1 aliphatic heterocycles. The molecule has 0 aromatic rings. The number of unbranched alkanes of at least 4 members (excludes halogenated alkanes) is 4. The van der Waals surface area contributed by atoms with Crippen LogP contribution < -0.4 is 0 Å². The summed E-state index contributed by atoms with van der Waals surface area (Å²) >= 11 is 17.3. The summed E-state index contributed by atoms with van der Waals surface area (Å²) in [4.78, 5) is 0. The highest BCUT2D eigenvalue weighted by atomic mass is 35.6. The number of rotatable bonds is 14. The molecule has 1 fully saturated rings. The number of alkyl halides is 3. The van der Waals surface area contributed by atoms with E-state index in [1.165, 1.54) is 32.1 Å². The largest absolute Gasteiger partial charge is 0.448 e. The Morgan fingerprint density at radius 3 is 2.29 bits per heavy atom. The number of nitrogens with one attached hydrogen (secondary N) is 1. The van der Waals surface area contributed by atoms with Gasteiger partial charge >= 0.3 is 0 Å². The van der Waals surface area contributed by atoms with Crippen LogP contribution in [-0.2, 0) is 23.7 Å². The molecule has 1 saturated heterocycles. The van der Waals surface area contributed by atoms with Crippen molar-refractivity contribution < 1.29 is 23.7 Å². The molecule has 9 heteroatoms. The van der Waals surface area contributed by atoms with E-state index in [2.05, 4.69) is 13.8 Å². The molecule has 184 valence electrons. The van der Waals surface area contributed by atoms with Gasteiger partial charge in [-0.2, -0.15) is 0 Å². The maximum atomic E-state index is 7.89. The number of halogens is 3. The summed E-state index contributed by atoms with van der Waals surface area (Å²) in [6.45, 7) is 7.21. The SMILES string of the molecule is CCCCCCCC(CCOC1C(C)C(COC)OC(OC(=N)C(Cl)(Cl)Cl)C1C)OC. The third-order valence-electron chi connectivity index (χ3n) is 5.90. The summed E-state index contributed by atoms with van der Waals surface area (Å²) < 4.78 is 26.9. The van der Waals surface area contributed by atoms with Gasteiger partial charge in [0.05, 0.1) is 24.9 Å². The summed E-state index contributed by atoms with van der Waals surface area (Å²) in [7, 11) is 3.38. The topological polar surface area (TPSA) is 70.0 Å². The van der Waals surface area contributed by atoms with Crippen LogP contribution in [0.4, 0.5) is 0 Å². The average Bonchev–Trinajstić information content (AvgIpc) is 2.71. The zero-order chi connectivity index (χ0) is 23.4. The minimum atomic E-state index is -1.94. The zero-order valence-electron chi connectivity index (χ0n) is 19.5. The maximum Gasteiger partial charge on any atom is 0.265 e. The van der Waals surface area contributed by atoms with E-state index >= 15 is 0 Å². The van der Waals surface area contributed by atoms with Gasteiger partial charge in [0.15, 0.2) is 0 Å². The van der Waals surface area contributed by atoms with E-state index in [-0.39, 0.29) is 30.1 Å². The van der Waals surface area contributed by atoms with Crippen molar-refractivity contribution in [3.63, 3.8) is 0 Å². The molecule has 1 rings (SSSR count). The summed E-state index contributed by atoms with van der Waals surface area (Å²) in [6.07, 6.45) is 7.13. The fourth-order valence-corrected chi connectivity index (χ4v) is 4.07. The minimum Gasteiger partial charge on any atom is -0.448 e. The van der Waals surface area contributed by atoms with Crippen molar-refractivity contribution in [1.82, 2.24) is 0 Å². The van der Waals surface area contributed by atoms with Crippen LogP contribution in [0.15, 0.2) is 0 Å². The lowest BCUT2D eigenvalue weighted by molar-refractivity contribution is -0.253. The first-order valence-electron chi connectivity index (χ1n) is 11.3. The maximum absolute atomic E-state index is 7.89. The van der Waals surface area contributed by atoms with Gasteiger partial charge in [0, 0.05) is 32.7 Å². The lowest BCUT2D eigenvalue weighted by Crippen LogP contribution is -2.53. The number of hydrogen-bond acceptors (Lipinski definition) is 6. The molecular formula is C22H40Cl3NO5. The van der Waals surface area contributed by atoms with Gasteiger partial charge in [-0.1, -0.05) is 87.7 Å². The van der Waals surface area contributed by atoms with Gasteiger partial charge in [-0.15, -0.1) is 0 Å².